The van der Waals surface area contributed by atoms with Gasteiger partial charge in [-0.05, 0) is 31.2 Å². The summed E-state index contributed by atoms with van der Waals surface area (Å²) in [6.07, 6.45) is 0. The Hall–Kier alpha value is -2.03. The summed E-state index contributed by atoms with van der Waals surface area (Å²) in [6.45, 7) is 1.89. The average Bonchev–Trinajstić information content (AvgIpc) is 3.03. The third-order valence-corrected chi connectivity index (χ3v) is 6.75. The third kappa shape index (κ3) is 3.12. The van der Waals surface area contributed by atoms with Crippen molar-refractivity contribution in [1.82, 2.24) is 10.2 Å². The standard InChI is InChI=1S/C17H14N4OS3/c1-10(23-17-20-19-16(18)25-17)15(22)21-11-6-2-4-8-13(11)24-14-9-5-3-7-12(14)21/h2-10H,1H3,(H2,18,19)/t10-/m1/s1. The number of hydrogen-bond donors (Lipinski definition) is 1. The number of benzene rings is 2. The topological polar surface area (TPSA) is 72.1 Å². The molecule has 4 rings (SSSR count). The number of rotatable bonds is 3. The summed E-state index contributed by atoms with van der Waals surface area (Å²) < 4.78 is 0.700. The van der Waals surface area contributed by atoms with Crippen LogP contribution >= 0.6 is 34.9 Å². The summed E-state index contributed by atoms with van der Waals surface area (Å²) >= 11 is 4.36. The lowest BCUT2D eigenvalue weighted by molar-refractivity contribution is -0.117. The van der Waals surface area contributed by atoms with Crippen LogP contribution in [0.5, 0.6) is 0 Å². The molecule has 1 aromatic heterocycles. The summed E-state index contributed by atoms with van der Waals surface area (Å²) in [4.78, 5) is 17.2. The number of fused-ring (bicyclic) bond motifs is 2. The van der Waals surface area contributed by atoms with Crippen LogP contribution < -0.4 is 10.6 Å². The zero-order valence-corrected chi connectivity index (χ0v) is 15.7. The molecule has 1 aliphatic rings. The highest BCUT2D eigenvalue weighted by Crippen LogP contribution is 2.48. The Morgan fingerprint density at radius 3 is 2.24 bits per heavy atom. The van der Waals surface area contributed by atoms with Gasteiger partial charge < -0.3 is 5.73 Å². The van der Waals surface area contributed by atoms with E-state index >= 15 is 0 Å². The lowest BCUT2D eigenvalue weighted by atomic mass is 10.2. The Morgan fingerprint density at radius 1 is 1.08 bits per heavy atom. The van der Waals surface area contributed by atoms with Gasteiger partial charge in [-0.2, -0.15) is 0 Å². The van der Waals surface area contributed by atoms with E-state index in [0.29, 0.717) is 9.47 Å². The van der Waals surface area contributed by atoms with E-state index in [4.69, 9.17) is 5.73 Å². The molecular formula is C17H14N4OS3. The molecule has 1 amide bonds. The first-order valence-corrected chi connectivity index (χ1v) is 10.1. The first-order chi connectivity index (χ1) is 12.1. The van der Waals surface area contributed by atoms with Crippen molar-refractivity contribution < 1.29 is 4.79 Å². The zero-order valence-electron chi connectivity index (χ0n) is 13.2. The summed E-state index contributed by atoms with van der Waals surface area (Å²) in [5.74, 6) is 0.0129. The maximum atomic E-state index is 13.3. The third-order valence-electron chi connectivity index (χ3n) is 3.70. The van der Waals surface area contributed by atoms with Crippen molar-refractivity contribution in [3.8, 4) is 0 Å². The quantitative estimate of drug-likeness (QED) is 0.671. The van der Waals surface area contributed by atoms with Crippen LogP contribution in [0.3, 0.4) is 0 Å². The molecule has 0 saturated heterocycles. The number of nitrogen functional groups attached to an aromatic ring is 1. The molecule has 0 radical (unpaired) electrons. The molecule has 2 heterocycles. The number of anilines is 3. The number of carbonyl (C=O) groups excluding carboxylic acids is 1. The predicted molar refractivity (Wildman–Crippen MR) is 104 cm³/mol. The number of nitrogens with zero attached hydrogens (tertiary/aromatic N) is 3. The van der Waals surface area contributed by atoms with E-state index in [1.54, 1.807) is 11.8 Å². The van der Waals surface area contributed by atoms with Gasteiger partial charge in [-0.1, -0.05) is 59.1 Å². The van der Waals surface area contributed by atoms with Gasteiger partial charge in [0.25, 0.3) is 0 Å². The molecule has 2 aromatic carbocycles. The first kappa shape index (κ1) is 16.4. The van der Waals surface area contributed by atoms with Gasteiger partial charge in [-0.15, -0.1) is 10.2 Å². The molecule has 0 unspecified atom stereocenters. The summed E-state index contributed by atoms with van der Waals surface area (Å²) in [5, 5.41) is 7.91. The highest BCUT2D eigenvalue weighted by molar-refractivity contribution is 8.02. The largest absolute Gasteiger partial charge is 0.374 e. The number of para-hydroxylation sites is 2. The van der Waals surface area contributed by atoms with Crippen LogP contribution in [-0.2, 0) is 4.79 Å². The average molecular weight is 387 g/mol. The van der Waals surface area contributed by atoms with Crippen LogP contribution in [0.4, 0.5) is 16.5 Å². The summed E-state index contributed by atoms with van der Waals surface area (Å²) in [5.41, 5.74) is 7.47. The van der Waals surface area contributed by atoms with Crippen LogP contribution in [0.1, 0.15) is 6.92 Å². The normalized spacial score (nSPS) is 13.9. The summed E-state index contributed by atoms with van der Waals surface area (Å²) in [7, 11) is 0. The molecular weight excluding hydrogens is 372 g/mol. The van der Waals surface area contributed by atoms with Crippen LogP contribution in [0, 0.1) is 0 Å². The molecule has 0 bridgehead atoms. The fourth-order valence-electron chi connectivity index (χ4n) is 2.59. The molecule has 8 heteroatoms. The zero-order chi connectivity index (χ0) is 17.4. The van der Waals surface area contributed by atoms with Gasteiger partial charge in [0, 0.05) is 9.79 Å². The van der Waals surface area contributed by atoms with Gasteiger partial charge in [0.15, 0.2) is 4.34 Å². The molecule has 5 nitrogen and oxygen atoms in total. The molecule has 126 valence electrons. The van der Waals surface area contributed by atoms with Crippen molar-refractivity contribution in [2.24, 2.45) is 0 Å². The molecule has 2 N–H and O–H groups in total. The maximum Gasteiger partial charge on any atom is 0.244 e. The monoisotopic (exact) mass is 386 g/mol. The molecule has 0 aliphatic carbocycles. The number of thioether (sulfide) groups is 1. The molecule has 1 aliphatic heterocycles. The van der Waals surface area contributed by atoms with E-state index < -0.39 is 0 Å². The van der Waals surface area contributed by atoms with Crippen molar-refractivity contribution in [3.63, 3.8) is 0 Å². The second-order valence-electron chi connectivity index (χ2n) is 5.38. The second kappa shape index (κ2) is 6.70. The van der Waals surface area contributed by atoms with Gasteiger partial charge >= 0.3 is 0 Å². The second-order valence-corrected chi connectivity index (χ2v) is 9.06. The highest BCUT2D eigenvalue weighted by Gasteiger charge is 2.31. The minimum atomic E-state index is -0.309. The van der Waals surface area contributed by atoms with Crippen molar-refractivity contribution >= 4 is 57.3 Å². The van der Waals surface area contributed by atoms with Crippen LogP contribution in [0.25, 0.3) is 0 Å². The van der Waals surface area contributed by atoms with E-state index in [-0.39, 0.29) is 11.2 Å². The number of hydrogen-bond acceptors (Lipinski definition) is 7. The van der Waals surface area contributed by atoms with E-state index in [1.807, 2.05) is 60.4 Å². The smallest absolute Gasteiger partial charge is 0.244 e. The molecule has 0 saturated carbocycles. The SMILES string of the molecule is C[C@@H](Sc1nnc(N)s1)C(=O)N1c2ccccc2Sc2ccccc21. The Morgan fingerprint density at radius 2 is 1.68 bits per heavy atom. The van der Waals surface area contributed by atoms with E-state index in [1.165, 1.54) is 23.1 Å². The van der Waals surface area contributed by atoms with E-state index in [0.717, 1.165) is 21.2 Å². The number of amides is 1. The Balaban J connectivity index is 1.70. The van der Waals surface area contributed by atoms with Gasteiger partial charge in [-0.3, -0.25) is 9.69 Å². The fourth-order valence-corrected chi connectivity index (χ4v) is 5.47. The number of carbonyl (C=O) groups is 1. The molecule has 0 spiro atoms. The van der Waals surface area contributed by atoms with Gasteiger partial charge in [-0.25, -0.2) is 0 Å². The molecule has 1 atom stereocenters. The van der Waals surface area contributed by atoms with Crippen LogP contribution in [-0.4, -0.2) is 21.4 Å². The van der Waals surface area contributed by atoms with Gasteiger partial charge in [0.1, 0.15) is 0 Å². The van der Waals surface area contributed by atoms with Crippen LogP contribution in [0.2, 0.25) is 0 Å². The number of nitrogens with two attached hydrogens (primary N) is 1. The lowest BCUT2D eigenvalue weighted by Crippen LogP contribution is -2.34. The van der Waals surface area contributed by atoms with Gasteiger partial charge in [0.05, 0.1) is 16.6 Å². The van der Waals surface area contributed by atoms with Crippen molar-refractivity contribution in [3.05, 3.63) is 48.5 Å². The van der Waals surface area contributed by atoms with Gasteiger partial charge in [0.2, 0.25) is 11.0 Å². The Labute approximate surface area is 157 Å². The van der Waals surface area contributed by atoms with E-state index in [2.05, 4.69) is 10.2 Å². The molecule has 3 aromatic rings. The molecule has 25 heavy (non-hydrogen) atoms. The van der Waals surface area contributed by atoms with Crippen LogP contribution in [0.15, 0.2) is 62.7 Å². The highest BCUT2D eigenvalue weighted by atomic mass is 32.2. The molecule has 0 fully saturated rings. The predicted octanol–water partition coefficient (Wildman–Crippen LogP) is 4.43. The fraction of sp³-hybridized carbons (Fsp3) is 0.118. The minimum absolute atomic E-state index is 0.0129. The summed E-state index contributed by atoms with van der Waals surface area (Å²) in [6, 6.07) is 15.9. The Kier molecular flexibility index (Phi) is 4.41. The number of aromatic nitrogens is 2. The van der Waals surface area contributed by atoms with Crippen molar-refractivity contribution in [1.29, 1.82) is 0 Å². The minimum Gasteiger partial charge on any atom is -0.374 e. The lowest BCUT2D eigenvalue weighted by Gasteiger charge is -2.32. The van der Waals surface area contributed by atoms with Crippen molar-refractivity contribution in [2.75, 3.05) is 10.6 Å². The first-order valence-electron chi connectivity index (χ1n) is 7.59. The van der Waals surface area contributed by atoms with Crippen molar-refractivity contribution in [2.45, 2.75) is 26.3 Å². The van der Waals surface area contributed by atoms with E-state index in [9.17, 15) is 4.79 Å². The Bertz CT molecular complexity index is 897. The maximum absolute atomic E-state index is 13.3.